The summed E-state index contributed by atoms with van der Waals surface area (Å²) in [5, 5.41) is 2.81. The normalized spacial score (nSPS) is 10.3. The van der Waals surface area contributed by atoms with E-state index in [2.05, 4.69) is 37.2 Å². The molecule has 0 aliphatic rings. The molecule has 2 aromatic rings. The van der Waals surface area contributed by atoms with E-state index in [1.165, 1.54) is 6.26 Å². The first-order chi connectivity index (χ1) is 8.08. The number of furan rings is 1. The molecule has 0 fully saturated rings. The summed E-state index contributed by atoms with van der Waals surface area (Å²) in [5.41, 5.74) is 1.71. The molecule has 0 radical (unpaired) electrons. The van der Waals surface area contributed by atoms with Crippen LogP contribution in [-0.4, -0.2) is 5.91 Å². The lowest BCUT2D eigenvalue weighted by molar-refractivity contribution is 0.0996. The number of rotatable bonds is 2. The molecule has 0 bridgehead atoms. The van der Waals surface area contributed by atoms with E-state index in [0.29, 0.717) is 5.76 Å². The Morgan fingerprint density at radius 3 is 2.71 bits per heavy atom. The average molecular weight is 359 g/mol. The van der Waals surface area contributed by atoms with Crippen molar-refractivity contribution < 1.29 is 9.21 Å². The van der Waals surface area contributed by atoms with Crippen molar-refractivity contribution in [3.63, 3.8) is 0 Å². The van der Waals surface area contributed by atoms with Gasteiger partial charge in [0.1, 0.15) is 0 Å². The number of hydrogen-bond acceptors (Lipinski definition) is 2. The van der Waals surface area contributed by atoms with Gasteiger partial charge in [-0.1, -0.05) is 15.9 Å². The minimum atomic E-state index is -0.263. The van der Waals surface area contributed by atoms with E-state index >= 15 is 0 Å². The first-order valence-electron chi connectivity index (χ1n) is 4.88. The van der Waals surface area contributed by atoms with Crippen LogP contribution < -0.4 is 5.32 Å². The lowest BCUT2D eigenvalue weighted by Crippen LogP contribution is -2.12. The van der Waals surface area contributed by atoms with Gasteiger partial charge in [-0.25, -0.2) is 0 Å². The maximum atomic E-state index is 11.8. The zero-order chi connectivity index (χ0) is 12.4. The zero-order valence-electron chi connectivity index (χ0n) is 8.96. The maximum Gasteiger partial charge on any atom is 0.291 e. The lowest BCUT2D eigenvalue weighted by atomic mass is 10.2. The molecule has 88 valence electrons. The second-order valence-corrected chi connectivity index (χ2v) is 5.28. The van der Waals surface area contributed by atoms with Crippen molar-refractivity contribution in [2.24, 2.45) is 0 Å². The smallest absolute Gasteiger partial charge is 0.291 e. The van der Waals surface area contributed by atoms with Crippen molar-refractivity contribution in [1.29, 1.82) is 0 Å². The molecule has 0 spiro atoms. The average Bonchev–Trinajstić information content (AvgIpc) is 2.76. The SMILES string of the molecule is Cc1cc(Br)cc(Br)c1NC(=O)c1ccco1. The number of anilines is 1. The van der Waals surface area contributed by atoms with Crippen molar-refractivity contribution in [3.8, 4) is 0 Å². The number of hydrogen-bond donors (Lipinski definition) is 1. The summed E-state index contributed by atoms with van der Waals surface area (Å²) in [4.78, 5) is 11.8. The number of halogens is 2. The Balaban J connectivity index is 2.28. The van der Waals surface area contributed by atoms with Gasteiger partial charge in [-0.15, -0.1) is 0 Å². The third-order valence-corrected chi connectivity index (χ3v) is 3.32. The van der Waals surface area contributed by atoms with E-state index in [-0.39, 0.29) is 5.91 Å². The minimum absolute atomic E-state index is 0.263. The van der Waals surface area contributed by atoms with Crippen LogP contribution in [0.2, 0.25) is 0 Å². The molecule has 0 saturated heterocycles. The van der Waals surface area contributed by atoms with E-state index in [0.717, 1.165) is 20.2 Å². The fourth-order valence-electron chi connectivity index (χ4n) is 1.44. The standard InChI is InChI=1S/C12H9Br2NO2/c1-7-5-8(13)6-9(14)11(7)15-12(16)10-3-2-4-17-10/h2-6H,1H3,(H,15,16). The third-order valence-electron chi connectivity index (χ3n) is 2.24. The number of benzene rings is 1. The van der Waals surface area contributed by atoms with Crippen LogP contribution in [0.3, 0.4) is 0 Å². The molecule has 0 aliphatic heterocycles. The molecule has 0 aliphatic carbocycles. The van der Waals surface area contributed by atoms with Crippen molar-refractivity contribution >= 4 is 43.5 Å². The van der Waals surface area contributed by atoms with Gasteiger partial charge in [0.2, 0.25) is 0 Å². The van der Waals surface area contributed by atoms with Gasteiger partial charge in [0.15, 0.2) is 5.76 Å². The molecule has 1 aromatic heterocycles. The molecule has 0 unspecified atom stereocenters. The van der Waals surface area contributed by atoms with E-state index in [4.69, 9.17) is 4.42 Å². The topological polar surface area (TPSA) is 42.2 Å². The van der Waals surface area contributed by atoms with Crippen molar-refractivity contribution in [1.82, 2.24) is 0 Å². The van der Waals surface area contributed by atoms with Crippen LogP contribution in [0.25, 0.3) is 0 Å². The van der Waals surface area contributed by atoms with Gasteiger partial charge in [-0.2, -0.15) is 0 Å². The Morgan fingerprint density at radius 1 is 1.35 bits per heavy atom. The Labute approximate surface area is 115 Å². The van der Waals surface area contributed by atoms with E-state index in [1.807, 2.05) is 19.1 Å². The summed E-state index contributed by atoms with van der Waals surface area (Å²) in [5.74, 6) is 0.0281. The molecule has 1 aromatic carbocycles. The van der Waals surface area contributed by atoms with Gasteiger partial charge in [0, 0.05) is 8.95 Å². The predicted octanol–water partition coefficient (Wildman–Crippen LogP) is 4.37. The first-order valence-corrected chi connectivity index (χ1v) is 6.47. The van der Waals surface area contributed by atoms with Crippen LogP contribution in [0.15, 0.2) is 43.9 Å². The molecule has 17 heavy (non-hydrogen) atoms. The molecule has 2 rings (SSSR count). The van der Waals surface area contributed by atoms with Crippen LogP contribution in [0, 0.1) is 6.92 Å². The van der Waals surface area contributed by atoms with E-state index < -0.39 is 0 Å². The van der Waals surface area contributed by atoms with Crippen LogP contribution in [0.4, 0.5) is 5.69 Å². The number of carbonyl (C=O) groups excluding carboxylic acids is 1. The van der Waals surface area contributed by atoms with Gasteiger partial charge in [0.05, 0.1) is 12.0 Å². The quantitative estimate of drug-likeness (QED) is 0.866. The van der Waals surface area contributed by atoms with Crippen molar-refractivity contribution in [3.05, 3.63) is 50.8 Å². The second-order valence-electron chi connectivity index (χ2n) is 3.51. The van der Waals surface area contributed by atoms with Gasteiger partial charge >= 0.3 is 0 Å². The zero-order valence-corrected chi connectivity index (χ0v) is 12.1. The van der Waals surface area contributed by atoms with Crippen molar-refractivity contribution in [2.45, 2.75) is 6.92 Å². The van der Waals surface area contributed by atoms with Crippen LogP contribution in [0.1, 0.15) is 16.1 Å². The highest BCUT2D eigenvalue weighted by Crippen LogP contribution is 2.30. The molecule has 5 heteroatoms. The molecule has 1 N–H and O–H groups in total. The summed E-state index contributed by atoms with van der Waals surface area (Å²) in [6.45, 7) is 1.92. The minimum Gasteiger partial charge on any atom is -0.459 e. The van der Waals surface area contributed by atoms with Gasteiger partial charge in [-0.3, -0.25) is 4.79 Å². The van der Waals surface area contributed by atoms with Gasteiger partial charge in [0.25, 0.3) is 5.91 Å². The van der Waals surface area contributed by atoms with E-state index in [9.17, 15) is 4.79 Å². The highest BCUT2D eigenvalue weighted by Gasteiger charge is 2.12. The summed E-state index contributed by atoms with van der Waals surface area (Å²) in [7, 11) is 0. The Bertz CT molecular complexity index is 527. The highest BCUT2D eigenvalue weighted by molar-refractivity contribution is 9.11. The number of nitrogens with one attached hydrogen (secondary N) is 1. The predicted molar refractivity (Wildman–Crippen MR) is 73.2 cm³/mol. The molecule has 1 heterocycles. The number of amides is 1. The molecule has 1 amide bonds. The highest BCUT2D eigenvalue weighted by atomic mass is 79.9. The van der Waals surface area contributed by atoms with Crippen LogP contribution in [-0.2, 0) is 0 Å². The lowest BCUT2D eigenvalue weighted by Gasteiger charge is -2.10. The number of aryl methyl sites for hydroxylation is 1. The molecule has 0 atom stereocenters. The Hall–Kier alpha value is -1.07. The van der Waals surface area contributed by atoms with E-state index in [1.54, 1.807) is 12.1 Å². The monoisotopic (exact) mass is 357 g/mol. The summed E-state index contributed by atoms with van der Waals surface area (Å²) >= 11 is 6.81. The van der Waals surface area contributed by atoms with Crippen LogP contribution >= 0.6 is 31.9 Å². The Kier molecular flexibility index (Phi) is 3.69. The molecule has 3 nitrogen and oxygen atoms in total. The fraction of sp³-hybridized carbons (Fsp3) is 0.0833. The molecule has 0 saturated carbocycles. The number of carbonyl (C=O) groups is 1. The van der Waals surface area contributed by atoms with Gasteiger partial charge in [-0.05, 0) is 52.7 Å². The summed E-state index contributed by atoms with van der Waals surface area (Å²) < 4.78 is 6.81. The maximum absolute atomic E-state index is 11.8. The summed E-state index contributed by atoms with van der Waals surface area (Å²) in [6, 6.07) is 7.11. The first kappa shape index (κ1) is 12.4. The fourth-order valence-corrected chi connectivity index (χ4v) is 2.98. The summed E-state index contributed by atoms with van der Waals surface area (Å²) in [6.07, 6.45) is 1.47. The van der Waals surface area contributed by atoms with Gasteiger partial charge < -0.3 is 9.73 Å². The van der Waals surface area contributed by atoms with Crippen molar-refractivity contribution in [2.75, 3.05) is 5.32 Å². The Morgan fingerprint density at radius 2 is 2.12 bits per heavy atom. The van der Waals surface area contributed by atoms with Crippen LogP contribution in [0.5, 0.6) is 0 Å². The largest absolute Gasteiger partial charge is 0.459 e. The molecular formula is C12H9Br2NO2. The third kappa shape index (κ3) is 2.79. The molecular weight excluding hydrogens is 350 g/mol. The second kappa shape index (κ2) is 5.06.